The van der Waals surface area contributed by atoms with Gasteiger partial charge in [-0.15, -0.1) is 33.5 Å². The number of rotatable bonds is 21. The number of carbonyl (C=O) groups is 3. The Morgan fingerprint density at radius 3 is 2.00 bits per heavy atom. The Kier molecular flexibility index (Phi) is 18.5. The molecule has 0 saturated carbocycles. The molecule has 3 aromatic heterocycles. The molecule has 6 rings (SSSR count). The van der Waals surface area contributed by atoms with E-state index in [1.807, 2.05) is 32.1 Å². The zero-order chi connectivity index (χ0) is 46.4. The molecule has 1 saturated heterocycles. The summed E-state index contributed by atoms with van der Waals surface area (Å²) in [6.07, 6.45) is 21.7. The van der Waals surface area contributed by atoms with Crippen LogP contribution in [-0.4, -0.2) is 54.5 Å². The zero-order valence-electron chi connectivity index (χ0n) is 41.5. The van der Waals surface area contributed by atoms with E-state index in [9.17, 15) is 14.4 Å². The summed E-state index contributed by atoms with van der Waals surface area (Å²) in [7, 11) is 1.31. The van der Waals surface area contributed by atoms with Crippen molar-refractivity contribution in [3.8, 4) is 0 Å². The minimum absolute atomic E-state index is 0. The van der Waals surface area contributed by atoms with Gasteiger partial charge in [0, 0.05) is 35.2 Å². The van der Waals surface area contributed by atoms with E-state index in [0.29, 0.717) is 52.7 Å². The average molecular weight is 897 g/mol. The van der Waals surface area contributed by atoms with Crippen molar-refractivity contribution in [1.29, 1.82) is 0 Å². The van der Waals surface area contributed by atoms with Gasteiger partial charge in [-0.25, -0.2) is 0 Å². The summed E-state index contributed by atoms with van der Waals surface area (Å²) in [4.78, 5) is 56.7. The number of esters is 2. The molecule has 3 aromatic rings. The Balaban J connectivity index is 0.00000793. The van der Waals surface area contributed by atoms with Crippen LogP contribution in [0.2, 0.25) is 0 Å². The Morgan fingerprint density at radius 1 is 0.800 bits per heavy atom. The second kappa shape index (κ2) is 23.1. The van der Waals surface area contributed by atoms with Crippen molar-refractivity contribution in [2.75, 3.05) is 13.7 Å². The van der Waals surface area contributed by atoms with Crippen LogP contribution in [0.5, 0.6) is 0 Å². The molecule has 1 unspecified atom stereocenters. The van der Waals surface area contributed by atoms with E-state index >= 15 is 0 Å². The quantitative estimate of drug-likeness (QED) is 0.0633. The normalized spacial score (nSPS) is 21.9. The third-order valence-corrected chi connectivity index (χ3v) is 14.6. The minimum atomic E-state index is -1.18. The number of fused-ring (bicyclic) bond motifs is 7. The van der Waals surface area contributed by atoms with Gasteiger partial charge >= 0.3 is 35.0 Å². The number of hydrogen-bond donors (Lipinski definition) is 1. The first-order valence-corrected chi connectivity index (χ1v) is 24.4. The fourth-order valence-electron chi connectivity index (χ4n) is 10.4. The van der Waals surface area contributed by atoms with Gasteiger partial charge < -0.3 is 29.7 Å². The van der Waals surface area contributed by atoms with Crippen LogP contribution in [-0.2, 0) is 25.5 Å². The van der Waals surface area contributed by atoms with Crippen molar-refractivity contribution in [3.05, 3.63) is 84.8 Å². The number of methoxy groups -OCH3 is 1. The standard InChI is InChI=1S/C55H76N4O5.Mg/c1-13-39-35(8)42-28-44-37(10)41(24-25-48(60)64-27-26-34(7)23-17-22-33(6)21-16-20-32(5)19-15-18-31(3)4)52(58-44)50-51(55(62)63-12)54(61)49-38(11)45(59-53(49)50)30-47-40(14-2)36(9)43(57-47)29-46(39)56-42;/h13,28-34,37,41,51H,1,14-27H2,2-12H3,(H2,58,59,61);/q-2;+2/p-1/b43-29-,44-28-,47-30-;/t32-,33+,34?,37+,41+,51-;/m1./s1. The third-order valence-electron chi connectivity index (χ3n) is 14.6. The summed E-state index contributed by atoms with van der Waals surface area (Å²) in [5.41, 5.74) is 10.0. The van der Waals surface area contributed by atoms with Crippen LogP contribution in [0.25, 0.3) is 29.9 Å². The zero-order valence-corrected chi connectivity index (χ0v) is 43.0. The van der Waals surface area contributed by atoms with E-state index in [4.69, 9.17) is 24.4 Å². The number of nitrogens with zero attached hydrogens (tertiary/aromatic N) is 3. The van der Waals surface area contributed by atoms with Crippen molar-refractivity contribution in [1.82, 2.24) is 20.3 Å². The summed E-state index contributed by atoms with van der Waals surface area (Å²) in [5.74, 6) is 0.0988. The molecule has 1 N–H and O–H groups in total. The first-order chi connectivity index (χ1) is 30.6. The van der Waals surface area contributed by atoms with Crippen LogP contribution in [0.3, 0.4) is 0 Å². The number of allylic oxidation sites excluding steroid dienone is 2. The Bertz CT molecular complexity index is 2390. The topological polar surface area (TPSA) is 124 Å². The van der Waals surface area contributed by atoms with Gasteiger partial charge in [-0.05, 0) is 74.8 Å². The van der Waals surface area contributed by atoms with E-state index in [-0.39, 0.29) is 53.1 Å². The van der Waals surface area contributed by atoms with Gasteiger partial charge in [-0.1, -0.05) is 159 Å². The van der Waals surface area contributed by atoms with Crippen LogP contribution >= 0.6 is 0 Å². The maximum atomic E-state index is 14.4. The molecule has 6 atom stereocenters. The Morgan fingerprint density at radius 2 is 1.40 bits per heavy atom. The summed E-state index contributed by atoms with van der Waals surface area (Å²) < 4.78 is 11.2. The van der Waals surface area contributed by atoms with Gasteiger partial charge in [0.2, 0.25) is 0 Å². The van der Waals surface area contributed by atoms with Crippen LogP contribution in [0.4, 0.5) is 0 Å². The fraction of sp³-hybridized carbons (Fsp3) is 0.582. The molecule has 0 amide bonds. The van der Waals surface area contributed by atoms with Crippen molar-refractivity contribution >= 4 is 70.7 Å². The second-order valence-electron chi connectivity index (χ2n) is 19.9. The van der Waals surface area contributed by atoms with Crippen molar-refractivity contribution in [3.63, 3.8) is 0 Å². The van der Waals surface area contributed by atoms with Gasteiger partial charge in [-0.2, -0.15) is 0 Å². The van der Waals surface area contributed by atoms with Crippen molar-refractivity contribution < 1.29 is 23.9 Å². The molecule has 0 aromatic carbocycles. The number of hydrogen-bond acceptors (Lipinski definition) is 6. The first kappa shape index (κ1) is 52.0. The maximum Gasteiger partial charge on any atom is 2.00 e. The van der Waals surface area contributed by atoms with Crippen LogP contribution < -0.4 is 31.0 Å². The molecular formula is C55H75MgN4O5-. The van der Waals surface area contributed by atoms with E-state index in [1.165, 1.54) is 58.5 Å². The molecular weight excluding hydrogens is 821 g/mol. The summed E-state index contributed by atoms with van der Waals surface area (Å²) in [6, 6.07) is 0. The SMILES string of the molecule is C=Cc1c2[n-]c(c1C)/C=C1\N/C(=C3\c4[n-]c(c(C)c4C(=O)[C@@H]3C(=O)OC)/C=c3\[n-]/c(c(C)c3CC)=C\2)[C@@H](CCC(=O)OCCC(C)CCC[C@@H](C)CCC[C@H](C)CCCC(C)C)[C@@H]1C.[Mg+2]. The molecule has 3 aliphatic rings. The molecule has 0 radical (unpaired) electrons. The molecule has 65 heavy (non-hydrogen) atoms. The molecule has 1 aliphatic carbocycles. The fourth-order valence-corrected chi connectivity index (χ4v) is 10.4. The first-order valence-electron chi connectivity index (χ1n) is 24.4. The third kappa shape index (κ3) is 11.8. The van der Waals surface area contributed by atoms with Crippen LogP contribution in [0.1, 0.15) is 186 Å². The average Bonchev–Trinajstić information content (AvgIpc) is 3.99. The molecule has 2 aliphatic heterocycles. The summed E-state index contributed by atoms with van der Waals surface area (Å²) in [5, 5.41) is 5.29. The number of nitrogens with one attached hydrogen (secondary N) is 1. The maximum absolute atomic E-state index is 14.4. The van der Waals surface area contributed by atoms with Gasteiger partial charge in [0.15, 0.2) is 5.78 Å². The van der Waals surface area contributed by atoms with Crippen LogP contribution in [0, 0.1) is 62.2 Å². The van der Waals surface area contributed by atoms with E-state index in [0.717, 1.165) is 87.1 Å². The minimum Gasteiger partial charge on any atom is -0.657 e. The number of ether oxygens (including phenoxy) is 2. The predicted molar refractivity (Wildman–Crippen MR) is 264 cm³/mol. The smallest absolute Gasteiger partial charge is 0.657 e. The predicted octanol–water partition coefficient (Wildman–Crippen LogP) is 9.66. The van der Waals surface area contributed by atoms with Gasteiger partial charge in [0.1, 0.15) is 5.92 Å². The molecule has 348 valence electrons. The number of Topliss-reactive ketones (excluding diaryl/α,β-unsaturated/α-hetero) is 1. The van der Waals surface area contributed by atoms with Gasteiger partial charge in [0.25, 0.3) is 0 Å². The van der Waals surface area contributed by atoms with Gasteiger partial charge in [-0.3, -0.25) is 14.4 Å². The number of carbonyl (C=O) groups excluding carboxylic acids is 3. The Hall–Kier alpha value is -4.02. The summed E-state index contributed by atoms with van der Waals surface area (Å²) in [6.45, 7) is 26.5. The van der Waals surface area contributed by atoms with Gasteiger partial charge in [0.05, 0.1) is 13.7 Å². The number of aromatic nitrogens is 3. The second-order valence-corrected chi connectivity index (χ2v) is 19.9. The van der Waals surface area contributed by atoms with E-state index < -0.39 is 11.9 Å². The van der Waals surface area contributed by atoms with Crippen molar-refractivity contribution in [2.24, 2.45) is 41.4 Å². The number of ketones is 1. The molecule has 10 heteroatoms. The largest absolute Gasteiger partial charge is 2.00 e. The van der Waals surface area contributed by atoms with Crippen molar-refractivity contribution in [2.45, 2.75) is 153 Å². The molecule has 1 fully saturated rings. The summed E-state index contributed by atoms with van der Waals surface area (Å²) >= 11 is 0. The Labute approximate surface area is 405 Å². The molecule has 9 nitrogen and oxygen atoms in total. The molecule has 8 bridgehead atoms. The monoisotopic (exact) mass is 896 g/mol. The van der Waals surface area contributed by atoms with E-state index in [2.05, 4.69) is 73.4 Å². The molecule has 5 heterocycles. The van der Waals surface area contributed by atoms with Crippen LogP contribution in [0.15, 0.2) is 18.0 Å². The molecule has 0 spiro atoms. The van der Waals surface area contributed by atoms with E-state index in [1.54, 1.807) is 0 Å².